The van der Waals surface area contributed by atoms with Crippen molar-refractivity contribution in [2.75, 3.05) is 0 Å². The smallest absolute Gasteiger partial charge is 0.136 e. The highest BCUT2D eigenvalue weighted by atomic mass is 16.1. The monoisotopic (exact) mass is 178 g/mol. The second-order valence-electron chi connectivity index (χ2n) is 4.42. The van der Waals surface area contributed by atoms with Crippen LogP contribution < -0.4 is 0 Å². The van der Waals surface area contributed by atoms with Gasteiger partial charge in [0.15, 0.2) is 0 Å². The Labute approximate surface area is 80.2 Å². The second kappa shape index (κ2) is 3.28. The van der Waals surface area contributed by atoms with Crippen LogP contribution in [0.2, 0.25) is 0 Å². The van der Waals surface area contributed by atoms with Crippen molar-refractivity contribution < 1.29 is 4.79 Å². The van der Waals surface area contributed by atoms with Gasteiger partial charge < -0.3 is 0 Å². The molecule has 2 rings (SSSR count). The van der Waals surface area contributed by atoms with Crippen molar-refractivity contribution in [3.8, 4) is 0 Å². The summed E-state index contributed by atoms with van der Waals surface area (Å²) in [5, 5.41) is 0. The predicted octanol–water partition coefficient (Wildman–Crippen LogP) is 2.96. The molecule has 0 heterocycles. The van der Waals surface area contributed by atoms with Gasteiger partial charge in [0.2, 0.25) is 0 Å². The summed E-state index contributed by atoms with van der Waals surface area (Å²) in [6.45, 7) is 4.12. The Hall–Kier alpha value is -0.590. The zero-order valence-electron chi connectivity index (χ0n) is 8.55. The minimum atomic E-state index is 0.415. The summed E-state index contributed by atoms with van der Waals surface area (Å²) in [6, 6.07) is 0. The van der Waals surface area contributed by atoms with Gasteiger partial charge in [0.1, 0.15) is 5.78 Å². The van der Waals surface area contributed by atoms with E-state index in [0.29, 0.717) is 17.6 Å². The first-order valence-electron chi connectivity index (χ1n) is 5.44. The summed E-state index contributed by atoms with van der Waals surface area (Å²) in [6.07, 6.45) is 6.64. The van der Waals surface area contributed by atoms with Crippen LogP contribution in [-0.2, 0) is 4.79 Å². The van der Waals surface area contributed by atoms with E-state index in [0.717, 1.165) is 18.8 Å². The van der Waals surface area contributed by atoms with Crippen LogP contribution in [0.25, 0.3) is 0 Å². The number of carbonyl (C=O) groups excluding carboxylic acids is 1. The molecule has 0 N–H and O–H groups in total. The van der Waals surface area contributed by atoms with Gasteiger partial charge in [-0.05, 0) is 38.0 Å². The molecule has 3 unspecified atom stereocenters. The van der Waals surface area contributed by atoms with Crippen molar-refractivity contribution in [3.05, 3.63) is 11.6 Å². The Balaban J connectivity index is 2.07. The molecular formula is C12H18O. The molecule has 72 valence electrons. The van der Waals surface area contributed by atoms with Gasteiger partial charge in [-0.3, -0.25) is 4.79 Å². The lowest BCUT2D eigenvalue weighted by Crippen LogP contribution is -2.20. The van der Waals surface area contributed by atoms with Crippen LogP contribution in [0.4, 0.5) is 0 Å². The first-order valence-corrected chi connectivity index (χ1v) is 5.44. The lowest BCUT2D eigenvalue weighted by atomic mass is 9.82. The first-order chi connectivity index (χ1) is 6.26. The Morgan fingerprint density at radius 2 is 2.31 bits per heavy atom. The Bertz CT molecular complexity index is 252. The van der Waals surface area contributed by atoms with E-state index < -0.39 is 0 Å². The second-order valence-corrected chi connectivity index (χ2v) is 4.42. The van der Waals surface area contributed by atoms with Gasteiger partial charge in [-0.15, -0.1) is 0 Å². The van der Waals surface area contributed by atoms with E-state index in [1.807, 2.05) is 6.92 Å². The minimum Gasteiger partial charge on any atom is -0.299 e. The van der Waals surface area contributed by atoms with Crippen LogP contribution in [0.3, 0.4) is 0 Å². The molecule has 2 aliphatic rings. The van der Waals surface area contributed by atoms with Crippen LogP contribution in [0, 0.1) is 17.8 Å². The molecule has 0 spiro atoms. The average Bonchev–Trinajstić information content (AvgIpc) is 2.74. The van der Waals surface area contributed by atoms with Crippen molar-refractivity contribution in [2.45, 2.75) is 39.5 Å². The molecule has 3 atom stereocenters. The van der Waals surface area contributed by atoms with E-state index in [1.165, 1.54) is 12.8 Å². The molecule has 0 aromatic heterocycles. The van der Waals surface area contributed by atoms with Crippen LogP contribution >= 0.6 is 0 Å². The average molecular weight is 178 g/mol. The van der Waals surface area contributed by atoms with Gasteiger partial charge in [-0.1, -0.05) is 18.6 Å². The molecule has 0 aromatic carbocycles. The highest BCUT2D eigenvalue weighted by molar-refractivity contribution is 5.81. The lowest BCUT2D eigenvalue weighted by Gasteiger charge is -2.21. The van der Waals surface area contributed by atoms with Crippen LogP contribution in [0.5, 0.6) is 0 Å². The molecule has 0 amide bonds. The summed E-state index contributed by atoms with van der Waals surface area (Å²) in [5.41, 5.74) is 1.62. The molecule has 2 aliphatic carbocycles. The zero-order valence-corrected chi connectivity index (χ0v) is 8.55. The summed E-state index contributed by atoms with van der Waals surface area (Å²) in [5.74, 6) is 2.38. The molecule has 0 aromatic rings. The standard InChI is InChI=1S/C12H18O/c1-3-8-5-10-6-9(8)7-11(10)12(13)4-2/h3,9-11H,4-7H2,1-2H3. The van der Waals surface area contributed by atoms with E-state index >= 15 is 0 Å². The van der Waals surface area contributed by atoms with Gasteiger partial charge >= 0.3 is 0 Å². The van der Waals surface area contributed by atoms with Crippen molar-refractivity contribution in [1.29, 1.82) is 0 Å². The Morgan fingerprint density at radius 1 is 1.54 bits per heavy atom. The lowest BCUT2D eigenvalue weighted by molar-refractivity contribution is -0.123. The van der Waals surface area contributed by atoms with E-state index in [9.17, 15) is 4.79 Å². The molecule has 1 heteroatoms. The van der Waals surface area contributed by atoms with Crippen molar-refractivity contribution in [1.82, 2.24) is 0 Å². The third kappa shape index (κ3) is 1.34. The fraction of sp³-hybridized carbons (Fsp3) is 0.750. The maximum atomic E-state index is 11.6. The highest BCUT2D eigenvalue weighted by Crippen LogP contribution is 2.51. The molecule has 13 heavy (non-hydrogen) atoms. The summed E-state index contributed by atoms with van der Waals surface area (Å²) >= 11 is 0. The number of hydrogen-bond donors (Lipinski definition) is 0. The molecule has 2 fully saturated rings. The Kier molecular flexibility index (Phi) is 2.27. The van der Waals surface area contributed by atoms with Crippen LogP contribution in [0.1, 0.15) is 39.5 Å². The first kappa shape index (κ1) is 8.98. The van der Waals surface area contributed by atoms with Gasteiger partial charge in [-0.2, -0.15) is 0 Å². The van der Waals surface area contributed by atoms with Gasteiger partial charge in [0, 0.05) is 12.3 Å². The maximum absolute atomic E-state index is 11.6. The third-order valence-electron chi connectivity index (χ3n) is 3.85. The number of carbonyl (C=O) groups is 1. The molecule has 0 saturated heterocycles. The number of ketones is 1. The van der Waals surface area contributed by atoms with Crippen molar-refractivity contribution in [2.24, 2.45) is 17.8 Å². The predicted molar refractivity (Wildman–Crippen MR) is 53.4 cm³/mol. The highest BCUT2D eigenvalue weighted by Gasteiger charge is 2.44. The van der Waals surface area contributed by atoms with Crippen LogP contribution in [0.15, 0.2) is 11.6 Å². The number of rotatable bonds is 2. The quantitative estimate of drug-likeness (QED) is 0.594. The van der Waals surface area contributed by atoms with Gasteiger partial charge in [0.05, 0.1) is 0 Å². The van der Waals surface area contributed by atoms with Gasteiger partial charge in [-0.25, -0.2) is 0 Å². The van der Waals surface area contributed by atoms with E-state index in [-0.39, 0.29) is 0 Å². The van der Waals surface area contributed by atoms with E-state index in [4.69, 9.17) is 0 Å². The zero-order chi connectivity index (χ0) is 9.42. The molecule has 2 saturated carbocycles. The van der Waals surface area contributed by atoms with E-state index in [2.05, 4.69) is 13.0 Å². The fourth-order valence-corrected chi connectivity index (χ4v) is 3.13. The topological polar surface area (TPSA) is 17.1 Å². The summed E-state index contributed by atoms with van der Waals surface area (Å²) in [7, 11) is 0. The van der Waals surface area contributed by atoms with Crippen molar-refractivity contribution in [3.63, 3.8) is 0 Å². The van der Waals surface area contributed by atoms with Gasteiger partial charge in [0.25, 0.3) is 0 Å². The van der Waals surface area contributed by atoms with E-state index in [1.54, 1.807) is 5.57 Å². The largest absolute Gasteiger partial charge is 0.299 e. The fourth-order valence-electron chi connectivity index (χ4n) is 3.13. The summed E-state index contributed by atoms with van der Waals surface area (Å²) in [4.78, 5) is 11.6. The SMILES string of the molecule is CC=C1CC2CC1CC2C(=O)CC. The molecular weight excluding hydrogens is 160 g/mol. The minimum absolute atomic E-state index is 0.415. The number of fused-ring (bicyclic) bond motifs is 2. The molecule has 2 bridgehead atoms. The molecule has 0 radical (unpaired) electrons. The van der Waals surface area contributed by atoms with Crippen LogP contribution in [-0.4, -0.2) is 5.78 Å². The van der Waals surface area contributed by atoms with Crippen molar-refractivity contribution >= 4 is 5.78 Å². The number of allylic oxidation sites excluding steroid dienone is 2. The Morgan fingerprint density at radius 3 is 2.77 bits per heavy atom. The molecule has 1 nitrogen and oxygen atoms in total. The maximum Gasteiger partial charge on any atom is 0.136 e. The number of Topliss-reactive ketones (excluding diaryl/α,β-unsaturated/α-hetero) is 1. The third-order valence-corrected chi connectivity index (χ3v) is 3.85. The summed E-state index contributed by atoms with van der Waals surface area (Å²) < 4.78 is 0. The normalized spacial score (nSPS) is 40.2. The number of hydrogen-bond acceptors (Lipinski definition) is 1. The molecule has 0 aliphatic heterocycles.